The van der Waals surface area contributed by atoms with E-state index in [1.165, 1.54) is 30.5 Å². The summed E-state index contributed by atoms with van der Waals surface area (Å²) in [5.41, 5.74) is 1.81. The van der Waals surface area contributed by atoms with Crippen LogP contribution in [0.3, 0.4) is 0 Å². The minimum absolute atomic E-state index is 0.112. The van der Waals surface area contributed by atoms with Crippen LogP contribution in [0.4, 0.5) is 0 Å². The molecular formula is C16H12N2O3S. The SMILES string of the molecule is Cc1ccc(S(=O)(=O)/N=C2\C=CC(=O)c3ncccc32)cc1. The fourth-order valence-corrected chi connectivity index (χ4v) is 3.11. The first-order valence-corrected chi connectivity index (χ1v) is 8.01. The number of allylic oxidation sites excluding steroid dienone is 2. The van der Waals surface area contributed by atoms with Gasteiger partial charge in [-0.3, -0.25) is 9.78 Å². The van der Waals surface area contributed by atoms with Crippen molar-refractivity contribution in [3.63, 3.8) is 0 Å². The second-order valence-electron chi connectivity index (χ2n) is 4.86. The van der Waals surface area contributed by atoms with Crippen molar-refractivity contribution in [3.05, 3.63) is 71.6 Å². The summed E-state index contributed by atoms with van der Waals surface area (Å²) in [6.45, 7) is 1.87. The number of rotatable bonds is 2. The minimum Gasteiger partial charge on any atom is -0.288 e. The first-order chi connectivity index (χ1) is 10.5. The van der Waals surface area contributed by atoms with Crippen LogP contribution in [0.15, 0.2) is 64.0 Å². The van der Waals surface area contributed by atoms with Crippen LogP contribution in [0.5, 0.6) is 0 Å². The maximum Gasteiger partial charge on any atom is 0.282 e. The number of fused-ring (bicyclic) bond motifs is 1. The zero-order chi connectivity index (χ0) is 15.7. The van der Waals surface area contributed by atoms with Gasteiger partial charge in [0.15, 0.2) is 0 Å². The molecule has 1 aromatic carbocycles. The van der Waals surface area contributed by atoms with Crippen LogP contribution < -0.4 is 0 Å². The smallest absolute Gasteiger partial charge is 0.282 e. The average Bonchev–Trinajstić information content (AvgIpc) is 2.51. The highest BCUT2D eigenvalue weighted by Crippen LogP contribution is 2.19. The van der Waals surface area contributed by atoms with Crippen molar-refractivity contribution in [1.82, 2.24) is 4.98 Å². The number of hydrogen-bond donors (Lipinski definition) is 0. The Bertz CT molecular complexity index is 911. The molecule has 5 nitrogen and oxygen atoms in total. The molecule has 0 N–H and O–H groups in total. The van der Waals surface area contributed by atoms with Gasteiger partial charge in [0.05, 0.1) is 10.6 Å². The van der Waals surface area contributed by atoms with Crippen LogP contribution in [0.2, 0.25) is 0 Å². The highest BCUT2D eigenvalue weighted by Gasteiger charge is 2.21. The maximum absolute atomic E-state index is 12.4. The number of ketones is 1. The molecule has 0 radical (unpaired) electrons. The first-order valence-electron chi connectivity index (χ1n) is 6.57. The lowest BCUT2D eigenvalue weighted by Gasteiger charge is -2.10. The Kier molecular flexibility index (Phi) is 3.46. The molecule has 1 heterocycles. The van der Waals surface area contributed by atoms with Crippen LogP contribution in [0.25, 0.3) is 0 Å². The Morgan fingerprint density at radius 3 is 2.50 bits per heavy atom. The van der Waals surface area contributed by atoms with Crippen molar-refractivity contribution in [3.8, 4) is 0 Å². The van der Waals surface area contributed by atoms with Gasteiger partial charge in [-0.05, 0) is 43.3 Å². The molecule has 0 fully saturated rings. The third-order valence-corrected chi connectivity index (χ3v) is 4.55. The second-order valence-corrected chi connectivity index (χ2v) is 6.47. The molecular weight excluding hydrogens is 300 g/mol. The summed E-state index contributed by atoms with van der Waals surface area (Å²) in [5.74, 6) is -0.262. The van der Waals surface area contributed by atoms with Gasteiger partial charge in [0, 0.05) is 11.8 Å². The van der Waals surface area contributed by atoms with E-state index in [0.717, 1.165) is 5.56 Å². The molecule has 0 saturated heterocycles. The van der Waals surface area contributed by atoms with Crippen LogP contribution in [-0.2, 0) is 10.0 Å². The van der Waals surface area contributed by atoms with E-state index < -0.39 is 10.0 Å². The molecule has 0 unspecified atom stereocenters. The number of benzene rings is 1. The number of aromatic nitrogens is 1. The minimum atomic E-state index is -3.84. The number of aryl methyl sites for hydroxylation is 1. The van der Waals surface area contributed by atoms with Crippen molar-refractivity contribution in [2.45, 2.75) is 11.8 Å². The molecule has 3 rings (SSSR count). The Labute approximate surface area is 128 Å². The summed E-state index contributed by atoms with van der Waals surface area (Å²) in [4.78, 5) is 15.9. The molecule has 1 aromatic heterocycles. The van der Waals surface area contributed by atoms with Crippen molar-refractivity contribution in [1.29, 1.82) is 0 Å². The van der Waals surface area contributed by atoms with Gasteiger partial charge in [-0.1, -0.05) is 17.7 Å². The van der Waals surface area contributed by atoms with E-state index in [9.17, 15) is 13.2 Å². The van der Waals surface area contributed by atoms with Crippen molar-refractivity contribution < 1.29 is 13.2 Å². The van der Waals surface area contributed by atoms with E-state index in [-0.39, 0.29) is 22.1 Å². The lowest BCUT2D eigenvalue weighted by atomic mass is 10.00. The summed E-state index contributed by atoms with van der Waals surface area (Å²) < 4.78 is 28.6. The summed E-state index contributed by atoms with van der Waals surface area (Å²) in [6.07, 6.45) is 4.17. The average molecular weight is 312 g/mol. The highest BCUT2D eigenvalue weighted by atomic mass is 32.2. The zero-order valence-corrected chi connectivity index (χ0v) is 12.5. The first kappa shape index (κ1) is 14.3. The predicted octanol–water partition coefficient (Wildman–Crippen LogP) is 2.32. The lowest BCUT2D eigenvalue weighted by molar-refractivity contribution is 0.104. The standard InChI is InChI=1S/C16H12N2O3S/c1-11-4-6-12(7-5-11)22(20,21)18-14-8-9-15(19)16-13(14)3-2-10-17-16/h2-10H,1H3/b18-14+. The fraction of sp³-hybridized carbons (Fsp3) is 0.0625. The molecule has 0 atom stereocenters. The van der Waals surface area contributed by atoms with Gasteiger partial charge in [0.2, 0.25) is 5.78 Å². The molecule has 0 aliphatic heterocycles. The zero-order valence-electron chi connectivity index (χ0n) is 11.7. The Morgan fingerprint density at radius 1 is 1.05 bits per heavy atom. The second kappa shape index (κ2) is 5.31. The van der Waals surface area contributed by atoms with Gasteiger partial charge in [-0.15, -0.1) is 0 Å². The van der Waals surface area contributed by atoms with Gasteiger partial charge < -0.3 is 0 Å². The maximum atomic E-state index is 12.4. The van der Waals surface area contributed by atoms with E-state index in [1.807, 2.05) is 6.92 Å². The van der Waals surface area contributed by atoms with Crippen LogP contribution >= 0.6 is 0 Å². The molecule has 6 heteroatoms. The quantitative estimate of drug-likeness (QED) is 0.852. The topological polar surface area (TPSA) is 76.5 Å². The molecule has 0 bridgehead atoms. The van der Waals surface area contributed by atoms with Gasteiger partial charge in [0.25, 0.3) is 10.0 Å². The van der Waals surface area contributed by atoms with Gasteiger partial charge >= 0.3 is 0 Å². The number of carbonyl (C=O) groups excluding carboxylic acids is 1. The van der Waals surface area contributed by atoms with E-state index in [4.69, 9.17) is 0 Å². The number of carbonyl (C=O) groups is 1. The predicted molar refractivity (Wildman–Crippen MR) is 82.6 cm³/mol. The van der Waals surface area contributed by atoms with E-state index >= 15 is 0 Å². The third-order valence-electron chi connectivity index (χ3n) is 3.25. The number of nitrogens with zero attached hydrogens (tertiary/aromatic N) is 2. The summed E-state index contributed by atoms with van der Waals surface area (Å²) in [5, 5.41) is 0. The molecule has 22 heavy (non-hydrogen) atoms. The van der Waals surface area contributed by atoms with Crippen molar-refractivity contribution in [2.24, 2.45) is 4.40 Å². The summed E-state index contributed by atoms with van der Waals surface area (Å²) >= 11 is 0. The largest absolute Gasteiger partial charge is 0.288 e. The normalized spacial score (nSPS) is 15.9. The van der Waals surface area contributed by atoms with Crippen LogP contribution in [0.1, 0.15) is 21.6 Å². The Morgan fingerprint density at radius 2 is 1.77 bits per heavy atom. The molecule has 0 spiro atoms. The van der Waals surface area contributed by atoms with Crippen molar-refractivity contribution in [2.75, 3.05) is 0 Å². The molecule has 1 aliphatic rings. The monoisotopic (exact) mass is 312 g/mol. The number of pyridine rings is 1. The van der Waals surface area contributed by atoms with Gasteiger partial charge in [0.1, 0.15) is 5.69 Å². The van der Waals surface area contributed by atoms with Crippen molar-refractivity contribution >= 4 is 21.5 Å². The lowest BCUT2D eigenvalue weighted by Crippen LogP contribution is -2.15. The third kappa shape index (κ3) is 2.60. The van der Waals surface area contributed by atoms with E-state index in [0.29, 0.717) is 5.56 Å². The Hall–Kier alpha value is -2.60. The molecule has 2 aromatic rings. The summed E-state index contributed by atoms with van der Waals surface area (Å²) in [6, 6.07) is 9.71. The fourth-order valence-electron chi connectivity index (χ4n) is 2.10. The molecule has 0 saturated carbocycles. The number of hydrogen-bond acceptors (Lipinski definition) is 4. The van der Waals surface area contributed by atoms with Crippen LogP contribution in [0, 0.1) is 6.92 Å². The molecule has 110 valence electrons. The molecule has 0 amide bonds. The van der Waals surface area contributed by atoms with Gasteiger partial charge in [-0.25, -0.2) is 0 Å². The van der Waals surface area contributed by atoms with E-state index in [1.54, 1.807) is 24.3 Å². The highest BCUT2D eigenvalue weighted by molar-refractivity contribution is 7.90. The summed E-state index contributed by atoms with van der Waals surface area (Å²) in [7, 11) is -3.84. The van der Waals surface area contributed by atoms with Crippen LogP contribution in [-0.4, -0.2) is 24.9 Å². The van der Waals surface area contributed by atoms with E-state index in [2.05, 4.69) is 9.38 Å². The van der Waals surface area contributed by atoms with Gasteiger partial charge in [-0.2, -0.15) is 12.8 Å². The Balaban J connectivity index is 2.10. The number of sulfonamides is 1. The molecule has 1 aliphatic carbocycles.